The summed E-state index contributed by atoms with van der Waals surface area (Å²) < 4.78 is 5.49. The Morgan fingerprint density at radius 3 is 2.57 bits per heavy atom. The van der Waals surface area contributed by atoms with Gasteiger partial charge in [0.2, 0.25) is 5.91 Å². The highest BCUT2D eigenvalue weighted by atomic mass is 16.4. The van der Waals surface area contributed by atoms with Crippen LogP contribution >= 0.6 is 0 Å². The molecule has 122 valence electrons. The van der Waals surface area contributed by atoms with Crippen LogP contribution in [-0.4, -0.2) is 47.3 Å². The van der Waals surface area contributed by atoms with Crippen molar-refractivity contribution >= 4 is 34.3 Å². The van der Waals surface area contributed by atoms with Gasteiger partial charge in [0, 0.05) is 12.3 Å². The van der Waals surface area contributed by atoms with E-state index >= 15 is 0 Å². The number of nitrogens with zero attached hydrogens (tertiary/aromatic N) is 1. The number of aliphatic carboxylic acids is 1. The fraction of sp³-hybridized carbons (Fsp3) is 0.312. The first kappa shape index (κ1) is 16.7. The molecule has 1 amide bonds. The van der Waals surface area contributed by atoms with Crippen molar-refractivity contribution in [3.8, 4) is 0 Å². The van der Waals surface area contributed by atoms with Crippen molar-refractivity contribution in [2.24, 2.45) is 0 Å². The Kier molecular flexibility index (Phi) is 4.80. The van der Waals surface area contributed by atoms with Crippen molar-refractivity contribution < 1.29 is 23.9 Å². The fourth-order valence-corrected chi connectivity index (χ4v) is 2.20. The smallest absolute Gasteiger partial charge is 0.317 e. The Balaban J connectivity index is 2.30. The van der Waals surface area contributed by atoms with Gasteiger partial charge < -0.3 is 14.8 Å². The maximum Gasteiger partial charge on any atom is 0.317 e. The predicted octanol–water partition coefficient (Wildman–Crippen LogP) is 1.98. The molecule has 1 heterocycles. The molecule has 0 radical (unpaired) electrons. The van der Waals surface area contributed by atoms with Crippen LogP contribution < -0.4 is 5.32 Å². The molecular formula is C16H18N2O5. The topological polar surface area (TPSA) is 99.9 Å². The van der Waals surface area contributed by atoms with Gasteiger partial charge in [0.05, 0.1) is 18.3 Å². The predicted molar refractivity (Wildman–Crippen MR) is 84.6 cm³/mol. The number of rotatable bonds is 6. The minimum absolute atomic E-state index is 0.0765. The van der Waals surface area contributed by atoms with E-state index in [0.29, 0.717) is 16.7 Å². The number of hydrogen-bond donors (Lipinski definition) is 2. The van der Waals surface area contributed by atoms with Gasteiger partial charge in [-0.1, -0.05) is 12.1 Å². The van der Waals surface area contributed by atoms with Crippen LogP contribution in [0.2, 0.25) is 0 Å². The lowest BCUT2D eigenvalue weighted by atomic mass is 10.2. The van der Waals surface area contributed by atoms with E-state index in [-0.39, 0.29) is 18.1 Å². The van der Waals surface area contributed by atoms with Crippen molar-refractivity contribution in [1.82, 2.24) is 4.90 Å². The number of Topliss-reactive ketones (excluding diaryl/α,β-unsaturated/α-hetero) is 1. The van der Waals surface area contributed by atoms with E-state index < -0.39 is 17.9 Å². The van der Waals surface area contributed by atoms with E-state index in [0.717, 1.165) is 0 Å². The zero-order chi connectivity index (χ0) is 17.1. The summed E-state index contributed by atoms with van der Waals surface area (Å²) in [6.45, 7) is 2.68. The average molecular weight is 318 g/mol. The summed E-state index contributed by atoms with van der Waals surface area (Å²) >= 11 is 0. The van der Waals surface area contributed by atoms with Gasteiger partial charge in [-0.05, 0) is 26.1 Å². The van der Waals surface area contributed by atoms with Gasteiger partial charge in [-0.2, -0.15) is 0 Å². The first-order chi connectivity index (χ1) is 10.8. The molecule has 0 bridgehead atoms. The monoisotopic (exact) mass is 318 g/mol. The van der Waals surface area contributed by atoms with Crippen LogP contribution in [0.5, 0.6) is 0 Å². The Bertz CT molecular complexity index is 765. The van der Waals surface area contributed by atoms with Gasteiger partial charge in [0.1, 0.15) is 5.58 Å². The summed E-state index contributed by atoms with van der Waals surface area (Å²) in [4.78, 5) is 36.2. The van der Waals surface area contributed by atoms with Crippen LogP contribution in [0.4, 0.5) is 5.69 Å². The molecule has 1 atom stereocenters. The lowest BCUT2D eigenvalue weighted by Gasteiger charge is -2.21. The molecule has 2 N–H and O–H groups in total. The number of likely N-dealkylation sites (N-methyl/N-ethyl adjacent to an activating group) is 1. The molecule has 0 aliphatic heterocycles. The summed E-state index contributed by atoms with van der Waals surface area (Å²) in [5, 5.41) is 12.1. The van der Waals surface area contributed by atoms with Crippen molar-refractivity contribution in [2.45, 2.75) is 19.9 Å². The molecule has 1 aromatic heterocycles. The maximum absolute atomic E-state index is 12.4. The number of carbonyl (C=O) groups excluding carboxylic acids is 2. The van der Waals surface area contributed by atoms with Gasteiger partial charge in [0.15, 0.2) is 11.5 Å². The third-order valence-corrected chi connectivity index (χ3v) is 3.59. The average Bonchev–Trinajstić information content (AvgIpc) is 2.85. The van der Waals surface area contributed by atoms with Crippen LogP contribution in [0.25, 0.3) is 11.0 Å². The molecule has 7 nitrogen and oxygen atoms in total. The summed E-state index contributed by atoms with van der Waals surface area (Å²) in [7, 11) is 1.54. The summed E-state index contributed by atoms with van der Waals surface area (Å²) in [6.07, 6.45) is 0. The zero-order valence-corrected chi connectivity index (χ0v) is 13.1. The highest BCUT2D eigenvalue weighted by Gasteiger charge is 2.24. The SMILES string of the molecule is CC(=O)c1oc2ccccc2c1NC(=O)C(C)N(C)CC(=O)O. The Labute approximate surface area is 132 Å². The van der Waals surface area contributed by atoms with E-state index in [4.69, 9.17) is 9.52 Å². The Morgan fingerprint density at radius 2 is 1.96 bits per heavy atom. The third-order valence-electron chi connectivity index (χ3n) is 3.59. The van der Waals surface area contributed by atoms with Crippen molar-refractivity contribution in [3.05, 3.63) is 30.0 Å². The molecule has 1 aromatic carbocycles. The zero-order valence-electron chi connectivity index (χ0n) is 13.1. The lowest BCUT2D eigenvalue weighted by molar-refractivity contribution is -0.138. The number of amides is 1. The number of anilines is 1. The summed E-state index contributed by atoms with van der Waals surface area (Å²) in [6, 6.07) is 6.31. The number of hydrogen-bond acceptors (Lipinski definition) is 5. The molecule has 2 rings (SSSR count). The molecule has 0 aliphatic rings. The standard InChI is InChI=1S/C16H18N2O5/c1-9(18(3)8-13(20)21)16(22)17-14-11-6-4-5-7-12(11)23-15(14)10(2)19/h4-7,9H,8H2,1-3H3,(H,17,22)(H,20,21). The molecule has 0 aliphatic carbocycles. The third kappa shape index (κ3) is 3.57. The van der Waals surface area contributed by atoms with Gasteiger partial charge in [-0.3, -0.25) is 19.3 Å². The second-order valence-electron chi connectivity index (χ2n) is 5.33. The van der Waals surface area contributed by atoms with Crippen molar-refractivity contribution in [3.63, 3.8) is 0 Å². The van der Waals surface area contributed by atoms with Crippen LogP contribution in [0, 0.1) is 0 Å². The van der Waals surface area contributed by atoms with Crippen LogP contribution in [0.1, 0.15) is 24.4 Å². The van der Waals surface area contributed by atoms with Crippen molar-refractivity contribution in [2.75, 3.05) is 18.9 Å². The summed E-state index contributed by atoms with van der Waals surface area (Å²) in [5.41, 5.74) is 0.813. The quantitative estimate of drug-likeness (QED) is 0.790. The number of nitrogens with one attached hydrogen (secondary N) is 1. The highest BCUT2D eigenvalue weighted by Crippen LogP contribution is 2.31. The van der Waals surface area contributed by atoms with E-state index in [2.05, 4.69) is 5.32 Å². The fourth-order valence-electron chi connectivity index (χ4n) is 2.20. The van der Waals surface area contributed by atoms with Crippen LogP contribution in [0.3, 0.4) is 0 Å². The van der Waals surface area contributed by atoms with Gasteiger partial charge in [-0.15, -0.1) is 0 Å². The van der Waals surface area contributed by atoms with Gasteiger partial charge >= 0.3 is 5.97 Å². The molecule has 1 unspecified atom stereocenters. The number of carboxylic acid groups (broad SMARTS) is 1. The number of carbonyl (C=O) groups is 3. The maximum atomic E-state index is 12.4. The number of fused-ring (bicyclic) bond motifs is 1. The van der Waals surface area contributed by atoms with E-state index in [9.17, 15) is 14.4 Å². The van der Waals surface area contributed by atoms with E-state index in [1.54, 1.807) is 31.2 Å². The number of furan rings is 1. The second kappa shape index (κ2) is 6.62. The largest absolute Gasteiger partial charge is 0.480 e. The minimum Gasteiger partial charge on any atom is -0.480 e. The molecular weight excluding hydrogens is 300 g/mol. The minimum atomic E-state index is -1.02. The van der Waals surface area contributed by atoms with Crippen LogP contribution in [-0.2, 0) is 9.59 Å². The molecule has 23 heavy (non-hydrogen) atoms. The lowest BCUT2D eigenvalue weighted by Crippen LogP contribution is -2.42. The first-order valence-electron chi connectivity index (χ1n) is 7.06. The molecule has 0 fully saturated rings. The highest BCUT2D eigenvalue weighted by molar-refractivity contribution is 6.11. The number of ketones is 1. The summed E-state index contributed by atoms with van der Waals surface area (Å²) in [5.74, 6) is -1.66. The van der Waals surface area contributed by atoms with Gasteiger partial charge in [0.25, 0.3) is 0 Å². The van der Waals surface area contributed by atoms with Gasteiger partial charge in [-0.25, -0.2) is 0 Å². The first-order valence-corrected chi connectivity index (χ1v) is 7.06. The molecule has 2 aromatic rings. The molecule has 0 saturated carbocycles. The molecule has 7 heteroatoms. The normalized spacial score (nSPS) is 12.3. The molecule has 0 spiro atoms. The molecule has 0 saturated heterocycles. The number of para-hydroxylation sites is 1. The number of carboxylic acids is 1. The van der Waals surface area contributed by atoms with E-state index in [1.165, 1.54) is 18.9 Å². The number of benzene rings is 1. The second-order valence-corrected chi connectivity index (χ2v) is 5.33. The Hall–Kier alpha value is -2.67. The Morgan fingerprint density at radius 1 is 1.30 bits per heavy atom. The van der Waals surface area contributed by atoms with Crippen LogP contribution in [0.15, 0.2) is 28.7 Å². The van der Waals surface area contributed by atoms with Crippen molar-refractivity contribution in [1.29, 1.82) is 0 Å². The van der Waals surface area contributed by atoms with E-state index in [1.807, 2.05) is 0 Å².